The number of nitrogens with one attached hydrogen (secondary N) is 1. The quantitative estimate of drug-likeness (QED) is 0.472. The summed E-state index contributed by atoms with van der Waals surface area (Å²) in [6, 6.07) is 4.79. The summed E-state index contributed by atoms with van der Waals surface area (Å²) < 4.78 is 5.26. The van der Waals surface area contributed by atoms with Crippen molar-refractivity contribution in [1.29, 1.82) is 0 Å². The van der Waals surface area contributed by atoms with Crippen molar-refractivity contribution in [2.24, 2.45) is 0 Å². The van der Waals surface area contributed by atoms with Crippen molar-refractivity contribution in [3.63, 3.8) is 0 Å². The first kappa shape index (κ1) is 14.5. The first-order valence-corrected chi connectivity index (χ1v) is 5.94. The molecule has 5 heteroatoms. The van der Waals surface area contributed by atoms with E-state index in [1.807, 2.05) is 6.92 Å². The number of benzene rings is 1. The minimum absolute atomic E-state index is 0.256. The molecule has 0 fully saturated rings. The van der Waals surface area contributed by atoms with Crippen LogP contribution in [0, 0.1) is 0 Å². The molecular weight excluding hydrogens is 252 g/mol. The van der Waals surface area contributed by atoms with E-state index in [2.05, 4.69) is 11.9 Å². The number of hydrogen-bond acceptors (Lipinski definition) is 3. The second kappa shape index (κ2) is 7.03. The van der Waals surface area contributed by atoms with Crippen molar-refractivity contribution in [2.75, 3.05) is 25.5 Å². The highest BCUT2D eigenvalue weighted by molar-refractivity contribution is 6.31. The monoisotopic (exact) mass is 268 g/mol. The van der Waals surface area contributed by atoms with Crippen LogP contribution in [0.4, 0.5) is 5.69 Å². The van der Waals surface area contributed by atoms with E-state index in [1.165, 1.54) is 0 Å². The number of carbonyl (C=O) groups is 1. The number of halogens is 1. The smallest absolute Gasteiger partial charge is 0.253 e. The molecule has 3 N–H and O–H groups in total. The molecule has 0 saturated carbocycles. The molecule has 0 aliphatic carbocycles. The van der Waals surface area contributed by atoms with Crippen LogP contribution in [0.5, 0.6) is 0 Å². The number of carbonyl (C=O) groups excluding carboxylic acids is 1. The predicted molar refractivity (Wildman–Crippen MR) is 73.8 cm³/mol. The van der Waals surface area contributed by atoms with Crippen molar-refractivity contribution in [2.45, 2.75) is 6.92 Å². The Labute approximate surface area is 112 Å². The van der Waals surface area contributed by atoms with Gasteiger partial charge in [-0.2, -0.15) is 0 Å². The fourth-order valence-electron chi connectivity index (χ4n) is 1.30. The molecule has 1 aromatic rings. The Morgan fingerprint density at radius 3 is 2.94 bits per heavy atom. The van der Waals surface area contributed by atoms with Gasteiger partial charge in [0.15, 0.2) is 0 Å². The molecule has 1 rings (SSSR count). The summed E-state index contributed by atoms with van der Waals surface area (Å²) in [7, 11) is 0. The lowest BCUT2D eigenvalue weighted by Crippen LogP contribution is -2.28. The van der Waals surface area contributed by atoms with E-state index in [9.17, 15) is 4.79 Å². The number of ether oxygens (including phenoxy) is 1. The Balaban J connectivity index is 2.41. The van der Waals surface area contributed by atoms with Gasteiger partial charge in [-0.15, -0.1) is 0 Å². The Morgan fingerprint density at radius 1 is 1.56 bits per heavy atom. The number of nitrogen functional groups attached to an aromatic ring is 1. The predicted octanol–water partition coefficient (Wildman–Crippen LogP) is 2.24. The molecule has 0 heterocycles. The first-order valence-electron chi connectivity index (χ1n) is 5.56. The van der Waals surface area contributed by atoms with Crippen LogP contribution in [0.1, 0.15) is 17.3 Å². The van der Waals surface area contributed by atoms with Gasteiger partial charge in [0.1, 0.15) is 0 Å². The lowest BCUT2D eigenvalue weighted by molar-refractivity contribution is 0.0927. The third-order valence-corrected chi connectivity index (χ3v) is 2.38. The maximum Gasteiger partial charge on any atom is 0.253 e. The molecule has 0 bridgehead atoms. The highest BCUT2D eigenvalue weighted by atomic mass is 35.5. The zero-order valence-electron chi connectivity index (χ0n) is 10.3. The third-order valence-electron chi connectivity index (χ3n) is 2.14. The fourth-order valence-corrected chi connectivity index (χ4v) is 1.48. The van der Waals surface area contributed by atoms with Crippen LogP contribution in [0.2, 0.25) is 5.02 Å². The normalized spacial score (nSPS) is 10.1. The number of hydrogen-bond donors (Lipinski definition) is 2. The van der Waals surface area contributed by atoms with Gasteiger partial charge in [0.2, 0.25) is 0 Å². The Kier molecular flexibility index (Phi) is 5.68. The van der Waals surface area contributed by atoms with Crippen molar-refractivity contribution in [3.8, 4) is 0 Å². The van der Waals surface area contributed by atoms with Crippen LogP contribution in [-0.2, 0) is 4.74 Å². The first-order chi connectivity index (χ1) is 8.50. The van der Waals surface area contributed by atoms with Gasteiger partial charge in [0.05, 0.1) is 18.8 Å². The second-order valence-electron chi connectivity index (χ2n) is 4.00. The molecule has 0 atom stereocenters. The molecule has 98 valence electrons. The molecule has 0 aromatic heterocycles. The Morgan fingerprint density at radius 2 is 2.28 bits per heavy atom. The van der Waals surface area contributed by atoms with Gasteiger partial charge in [-0.1, -0.05) is 23.8 Å². The van der Waals surface area contributed by atoms with Crippen molar-refractivity contribution < 1.29 is 9.53 Å². The van der Waals surface area contributed by atoms with Crippen LogP contribution in [0.15, 0.2) is 30.4 Å². The van der Waals surface area contributed by atoms with Crippen LogP contribution in [0.3, 0.4) is 0 Å². The SMILES string of the molecule is C=C(C)COCCNC(=O)c1cc(Cl)ccc1N. The number of amides is 1. The molecule has 0 radical (unpaired) electrons. The van der Waals surface area contributed by atoms with E-state index in [0.717, 1.165) is 5.57 Å². The summed E-state index contributed by atoms with van der Waals surface area (Å²) in [5.74, 6) is -0.256. The summed E-state index contributed by atoms with van der Waals surface area (Å²) in [6.07, 6.45) is 0. The summed E-state index contributed by atoms with van der Waals surface area (Å²) in [5, 5.41) is 3.19. The zero-order chi connectivity index (χ0) is 13.5. The molecule has 0 unspecified atom stereocenters. The minimum atomic E-state index is -0.256. The summed E-state index contributed by atoms with van der Waals surface area (Å²) in [6.45, 7) is 6.93. The average Bonchev–Trinajstić information content (AvgIpc) is 2.31. The van der Waals surface area contributed by atoms with Gasteiger partial charge >= 0.3 is 0 Å². The topological polar surface area (TPSA) is 64.3 Å². The van der Waals surface area contributed by atoms with Gasteiger partial charge in [0, 0.05) is 17.3 Å². The summed E-state index contributed by atoms with van der Waals surface area (Å²) >= 11 is 5.81. The highest BCUT2D eigenvalue weighted by Crippen LogP contribution is 2.17. The van der Waals surface area contributed by atoms with Crippen LogP contribution in [-0.4, -0.2) is 25.7 Å². The maximum atomic E-state index is 11.8. The molecular formula is C13H17ClN2O2. The summed E-state index contributed by atoms with van der Waals surface area (Å²) in [4.78, 5) is 11.8. The van der Waals surface area contributed by atoms with Gasteiger partial charge in [0.25, 0.3) is 5.91 Å². The zero-order valence-corrected chi connectivity index (χ0v) is 11.1. The van der Waals surface area contributed by atoms with Crippen molar-refractivity contribution in [3.05, 3.63) is 40.9 Å². The van der Waals surface area contributed by atoms with Crippen LogP contribution < -0.4 is 11.1 Å². The highest BCUT2D eigenvalue weighted by Gasteiger charge is 2.09. The van der Waals surface area contributed by atoms with Crippen LogP contribution in [0.25, 0.3) is 0 Å². The lowest BCUT2D eigenvalue weighted by atomic mass is 10.1. The number of nitrogens with two attached hydrogens (primary N) is 1. The minimum Gasteiger partial charge on any atom is -0.398 e. The Hall–Kier alpha value is -1.52. The van der Waals surface area contributed by atoms with Crippen molar-refractivity contribution in [1.82, 2.24) is 5.32 Å². The summed E-state index contributed by atoms with van der Waals surface area (Å²) in [5.41, 5.74) is 7.42. The van der Waals surface area contributed by atoms with Crippen LogP contribution >= 0.6 is 11.6 Å². The average molecular weight is 269 g/mol. The van der Waals surface area contributed by atoms with Gasteiger partial charge < -0.3 is 15.8 Å². The molecule has 1 amide bonds. The second-order valence-corrected chi connectivity index (χ2v) is 4.43. The van der Waals surface area contributed by atoms with E-state index >= 15 is 0 Å². The molecule has 0 aliphatic rings. The van der Waals surface area contributed by atoms with Gasteiger partial charge in [-0.3, -0.25) is 4.79 Å². The Bertz CT molecular complexity index is 447. The van der Waals surface area contributed by atoms with Gasteiger partial charge in [-0.25, -0.2) is 0 Å². The molecule has 0 saturated heterocycles. The molecule has 18 heavy (non-hydrogen) atoms. The standard InChI is InChI=1S/C13H17ClN2O2/c1-9(2)8-18-6-5-16-13(17)11-7-10(14)3-4-12(11)15/h3-4,7H,1,5-6,8,15H2,2H3,(H,16,17). The van der Waals surface area contributed by atoms with E-state index in [4.69, 9.17) is 22.1 Å². The van der Waals surface area contributed by atoms with E-state index < -0.39 is 0 Å². The fraction of sp³-hybridized carbons (Fsp3) is 0.308. The van der Waals surface area contributed by atoms with E-state index in [0.29, 0.717) is 36.0 Å². The van der Waals surface area contributed by atoms with Gasteiger partial charge in [-0.05, 0) is 25.1 Å². The van der Waals surface area contributed by atoms with Crippen molar-refractivity contribution >= 4 is 23.2 Å². The van der Waals surface area contributed by atoms with E-state index in [1.54, 1.807) is 18.2 Å². The molecule has 0 aliphatic heterocycles. The third kappa shape index (κ3) is 4.77. The lowest BCUT2D eigenvalue weighted by Gasteiger charge is -2.08. The number of anilines is 1. The van der Waals surface area contributed by atoms with E-state index in [-0.39, 0.29) is 5.91 Å². The molecule has 1 aromatic carbocycles. The molecule has 0 spiro atoms. The number of rotatable bonds is 6. The molecule has 4 nitrogen and oxygen atoms in total. The largest absolute Gasteiger partial charge is 0.398 e. The maximum absolute atomic E-state index is 11.8.